The second kappa shape index (κ2) is 9.09. The molecular formula is C24H26N4O4S. The largest absolute Gasteiger partial charge is 0.379 e. The van der Waals surface area contributed by atoms with Crippen LogP contribution in [0.2, 0.25) is 0 Å². The maximum atomic E-state index is 13.2. The van der Waals surface area contributed by atoms with Crippen molar-refractivity contribution in [2.45, 2.75) is 30.2 Å². The van der Waals surface area contributed by atoms with Gasteiger partial charge in [0.15, 0.2) is 0 Å². The molecule has 5 rings (SSSR count). The average molecular weight is 467 g/mol. The van der Waals surface area contributed by atoms with E-state index in [-0.39, 0.29) is 17.3 Å². The Labute approximate surface area is 193 Å². The van der Waals surface area contributed by atoms with Crippen molar-refractivity contribution in [2.75, 3.05) is 26.3 Å². The molecule has 1 aliphatic heterocycles. The van der Waals surface area contributed by atoms with Gasteiger partial charge in [-0.05, 0) is 42.7 Å². The van der Waals surface area contributed by atoms with Crippen LogP contribution in [0.25, 0.3) is 5.69 Å². The first-order valence-electron chi connectivity index (χ1n) is 11.1. The molecule has 8 nitrogen and oxygen atoms in total. The molecule has 1 amide bonds. The lowest BCUT2D eigenvalue weighted by atomic mass is 10.2. The number of amides is 1. The Hall–Kier alpha value is -3.01. The average Bonchev–Trinajstić information content (AvgIpc) is 3.62. The van der Waals surface area contributed by atoms with Gasteiger partial charge in [-0.15, -0.1) is 0 Å². The van der Waals surface area contributed by atoms with Crippen LogP contribution in [0.5, 0.6) is 0 Å². The minimum absolute atomic E-state index is 0.0946. The number of rotatable bonds is 7. The summed E-state index contributed by atoms with van der Waals surface area (Å²) < 4.78 is 34.8. The van der Waals surface area contributed by atoms with Gasteiger partial charge in [-0.1, -0.05) is 36.4 Å². The zero-order valence-corrected chi connectivity index (χ0v) is 19.0. The predicted molar refractivity (Wildman–Crippen MR) is 123 cm³/mol. The summed E-state index contributed by atoms with van der Waals surface area (Å²) in [5.41, 5.74) is 2.71. The lowest BCUT2D eigenvalue weighted by Gasteiger charge is -2.27. The summed E-state index contributed by atoms with van der Waals surface area (Å²) in [6.07, 6.45) is 2.17. The Morgan fingerprint density at radius 1 is 1.03 bits per heavy atom. The number of nitrogens with one attached hydrogen (secondary N) is 1. The van der Waals surface area contributed by atoms with E-state index in [1.165, 1.54) is 4.31 Å². The van der Waals surface area contributed by atoms with Crippen LogP contribution in [0, 0.1) is 0 Å². The Balaban J connectivity index is 1.39. The Bertz CT molecular complexity index is 1250. The molecular weight excluding hydrogens is 440 g/mol. The van der Waals surface area contributed by atoms with Crippen molar-refractivity contribution in [3.8, 4) is 5.69 Å². The monoisotopic (exact) mass is 466 g/mol. The van der Waals surface area contributed by atoms with Gasteiger partial charge in [-0.2, -0.15) is 9.40 Å². The van der Waals surface area contributed by atoms with Crippen molar-refractivity contribution < 1.29 is 17.9 Å². The number of benzene rings is 2. The summed E-state index contributed by atoms with van der Waals surface area (Å²) in [6, 6.07) is 18.2. The number of para-hydroxylation sites is 1. The summed E-state index contributed by atoms with van der Waals surface area (Å²) >= 11 is 0. The van der Waals surface area contributed by atoms with Crippen LogP contribution in [-0.2, 0) is 21.3 Å². The summed E-state index contributed by atoms with van der Waals surface area (Å²) in [7, 11) is -3.67. The standard InChI is InChI=1S/C24H26N4O4S/c29-24(22-16-21(18-10-11-18)26-28(22)20-7-2-1-3-8-20)25-17-19-6-4-5-9-23(19)33(30,31)27-12-14-32-15-13-27/h1-9,16,18H,10-15,17H2,(H,25,29). The normalized spacial score (nSPS) is 17.1. The Kier molecular flexibility index (Phi) is 6.01. The first-order chi connectivity index (χ1) is 16.0. The van der Waals surface area contributed by atoms with E-state index >= 15 is 0 Å². The number of aromatic nitrogens is 2. The number of morpholine rings is 1. The molecule has 3 aromatic rings. The van der Waals surface area contributed by atoms with Gasteiger partial charge >= 0.3 is 0 Å². The quantitative estimate of drug-likeness (QED) is 0.578. The second-order valence-corrected chi connectivity index (χ2v) is 10.2. The molecule has 2 aliphatic rings. The fourth-order valence-electron chi connectivity index (χ4n) is 4.00. The Morgan fingerprint density at radius 2 is 1.73 bits per heavy atom. The number of carbonyl (C=O) groups excluding carboxylic acids is 1. The third kappa shape index (κ3) is 4.57. The summed E-state index contributed by atoms with van der Waals surface area (Å²) in [4.78, 5) is 13.4. The van der Waals surface area contributed by atoms with E-state index in [2.05, 4.69) is 10.4 Å². The lowest BCUT2D eigenvalue weighted by molar-refractivity contribution is 0.0730. The van der Waals surface area contributed by atoms with E-state index in [1.54, 1.807) is 28.9 Å². The molecule has 1 saturated carbocycles. The minimum Gasteiger partial charge on any atom is -0.379 e. The van der Waals surface area contributed by atoms with Crippen LogP contribution in [0.15, 0.2) is 65.6 Å². The summed E-state index contributed by atoms with van der Waals surface area (Å²) in [5, 5.41) is 7.58. The van der Waals surface area contributed by atoms with Gasteiger partial charge in [0.2, 0.25) is 10.0 Å². The zero-order valence-electron chi connectivity index (χ0n) is 18.2. The third-order valence-electron chi connectivity index (χ3n) is 5.96. The van der Waals surface area contributed by atoms with Gasteiger partial charge in [0.1, 0.15) is 5.69 Å². The molecule has 1 N–H and O–H groups in total. The lowest BCUT2D eigenvalue weighted by Crippen LogP contribution is -2.41. The van der Waals surface area contributed by atoms with Gasteiger partial charge in [-0.25, -0.2) is 13.1 Å². The fourth-order valence-corrected chi connectivity index (χ4v) is 5.63. The zero-order chi connectivity index (χ0) is 22.8. The number of hydrogen-bond acceptors (Lipinski definition) is 5. The predicted octanol–water partition coefficient (Wildman–Crippen LogP) is 2.70. The van der Waals surface area contributed by atoms with Gasteiger partial charge < -0.3 is 10.1 Å². The fraction of sp³-hybridized carbons (Fsp3) is 0.333. The van der Waals surface area contributed by atoms with E-state index in [4.69, 9.17) is 4.74 Å². The van der Waals surface area contributed by atoms with E-state index in [0.29, 0.717) is 43.5 Å². The Morgan fingerprint density at radius 3 is 2.45 bits per heavy atom. The SMILES string of the molecule is O=C(NCc1ccccc1S(=O)(=O)N1CCOCC1)c1cc(C2CC2)nn1-c1ccccc1. The third-order valence-corrected chi connectivity index (χ3v) is 7.96. The second-order valence-electron chi connectivity index (χ2n) is 8.28. The highest BCUT2D eigenvalue weighted by atomic mass is 32.2. The molecule has 2 aromatic carbocycles. The minimum atomic E-state index is -3.67. The van der Waals surface area contributed by atoms with E-state index in [0.717, 1.165) is 24.2 Å². The molecule has 2 fully saturated rings. The molecule has 0 atom stereocenters. The van der Waals surface area contributed by atoms with Crippen LogP contribution in [0.1, 0.15) is 40.5 Å². The summed E-state index contributed by atoms with van der Waals surface area (Å²) in [6.45, 7) is 1.50. The van der Waals surface area contributed by atoms with Crippen molar-refractivity contribution in [1.29, 1.82) is 0 Å². The number of ether oxygens (including phenoxy) is 1. The van der Waals surface area contributed by atoms with Gasteiger partial charge in [0, 0.05) is 25.6 Å². The molecule has 1 aromatic heterocycles. The number of carbonyl (C=O) groups is 1. The van der Waals surface area contributed by atoms with Crippen molar-refractivity contribution in [1.82, 2.24) is 19.4 Å². The van der Waals surface area contributed by atoms with Crippen molar-refractivity contribution >= 4 is 15.9 Å². The first-order valence-corrected chi connectivity index (χ1v) is 12.6. The van der Waals surface area contributed by atoms with Crippen LogP contribution >= 0.6 is 0 Å². The molecule has 0 spiro atoms. The highest BCUT2D eigenvalue weighted by Gasteiger charge is 2.30. The maximum Gasteiger partial charge on any atom is 0.270 e. The van der Waals surface area contributed by atoms with Crippen LogP contribution in [0.3, 0.4) is 0 Å². The van der Waals surface area contributed by atoms with Gasteiger partial charge in [0.25, 0.3) is 5.91 Å². The highest BCUT2D eigenvalue weighted by molar-refractivity contribution is 7.89. The highest BCUT2D eigenvalue weighted by Crippen LogP contribution is 2.39. The first kappa shape index (κ1) is 21.8. The smallest absolute Gasteiger partial charge is 0.270 e. The molecule has 172 valence electrons. The van der Waals surface area contributed by atoms with E-state index in [1.807, 2.05) is 36.4 Å². The molecule has 9 heteroatoms. The van der Waals surface area contributed by atoms with Gasteiger partial charge in [0.05, 0.1) is 29.5 Å². The molecule has 1 aliphatic carbocycles. The van der Waals surface area contributed by atoms with Crippen molar-refractivity contribution in [3.05, 3.63) is 77.6 Å². The van der Waals surface area contributed by atoms with E-state index in [9.17, 15) is 13.2 Å². The molecule has 0 unspecified atom stereocenters. The topological polar surface area (TPSA) is 93.5 Å². The molecule has 0 radical (unpaired) electrons. The van der Waals surface area contributed by atoms with Crippen molar-refractivity contribution in [3.63, 3.8) is 0 Å². The van der Waals surface area contributed by atoms with E-state index < -0.39 is 10.0 Å². The number of hydrogen-bond donors (Lipinski definition) is 1. The van der Waals surface area contributed by atoms with Crippen LogP contribution in [-0.4, -0.2) is 54.7 Å². The van der Waals surface area contributed by atoms with Gasteiger partial charge in [-0.3, -0.25) is 4.79 Å². The molecule has 0 bridgehead atoms. The number of sulfonamides is 1. The van der Waals surface area contributed by atoms with Crippen molar-refractivity contribution in [2.24, 2.45) is 0 Å². The number of nitrogens with zero attached hydrogens (tertiary/aromatic N) is 3. The molecule has 33 heavy (non-hydrogen) atoms. The molecule has 2 heterocycles. The summed E-state index contributed by atoms with van der Waals surface area (Å²) in [5.74, 6) is 0.109. The van der Waals surface area contributed by atoms with Crippen LogP contribution in [0.4, 0.5) is 0 Å². The van der Waals surface area contributed by atoms with Crippen LogP contribution < -0.4 is 5.32 Å². The molecule has 1 saturated heterocycles. The maximum absolute atomic E-state index is 13.2.